The van der Waals surface area contributed by atoms with E-state index in [0.29, 0.717) is 23.4 Å². The zero-order valence-electron chi connectivity index (χ0n) is 26.4. The van der Waals surface area contributed by atoms with Crippen LogP contribution in [0.1, 0.15) is 139 Å². The number of nitrogens with zero attached hydrogens (tertiary/aromatic N) is 1. The first-order chi connectivity index (χ1) is 16.5. The minimum absolute atomic E-state index is 0.399. The minimum Gasteiger partial charge on any atom is -0.312 e. The van der Waals surface area contributed by atoms with Crippen molar-refractivity contribution in [2.45, 2.75) is 147 Å². The molecule has 0 radical (unpaired) electrons. The van der Waals surface area contributed by atoms with Crippen LogP contribution in [0.4, 0.5) is 0 Å². The summed E-state index contributed by atoms with van der Waals surface area (Å²) in [4.78, 5) is 2.62. The van der Waals surface area contributed by atoms with Gasteiger partial charge in [0.05, 0.1) is 0 Å². The van der Waals surface area contributed by atoms with Crippen LogP contribution in [0.15, 0.2) is 24.3 Å². The summed E-state index contributed by atoms with van der Waals surface area (Å²) in [5, 5.41) is 3.84. The van der Waals surface area contributed by atoms with Crippen molar-refractivity contribution >= 4 is 0 Å². The summed E-state index contributed by atoms with van der Waals surface area (Å²) in [6, 6.07) is 10.3. The van der Waals surface area contributed by atoms with Gasteiger partial charge in [0.1, 0.15) is 0 Å². The molecule has 0 aliphatic rings. The summed E-state index contributed by atoms with van der Waals surface area (Å²) in [6.45, 7) is 32.9. The van der Waals surface area contributed by atoms with Crippen molar-refractivity contribution < 1.29 is 0 Å². The molecule has 1 aromatic carbocycles. The van der Waals surface area contributed by atoms with Crippen LogP contribution in [0.25, 0.3) is 0 Å². The Balaban J connectivity index is 0. The second kappa shape index (κ2) is 21.2. The summed E-state index contributed by atoms with van der Waals surface area (Å²) in [5.41, 5.74) is 3.30. The van der Waals surface area contributed by atoms with Gasteiger partial charge in [-0.1, -0.05) is 113 Å². The lowest BCUT2D eigenvalue weighted by Gasteiger charge is -2.35. The van der Waals surface area contributed by atoms with Crippen molar-refractivity contribution in [1.82, 2.24) is 10.2 Å². The lowest BCUT2D eigenvalue weighted by atomic mass is 9.80. The molecule has 1 N–H and O–H groups in total. The highest BCUT2D eigenvalue weighted by Crippen LogP contribution is 2.27. The highest BCUT2D eigenvalue weighted by molar-refractivity contribution is 5.24. The zero-order valence-corrected chi connectivity index (χ0v) is 26.4. The van der Waals surface area contributed by atoms with E-state index in [4.69, 9.17) is 0 Å². The molecule has 0 aliphatic heterocycles. The minimum atomic E-state index is 0.399. The van der Waals surface area contributed by atoms with Crippen molar-refractivity contribution in [3.05, 3.63) is 35.4 Å². The van der Waals surface area contributed by atoms with E-state index in [-0.39, 0.29) is 0 Å². The second-order valence-electron chi connectivity index (χ2n) is 11.6. The summed E-state index contributed by atoms with van der Waals surface area (Å²) < 4.78 is 0. The smallest absolute Gasteiger partial charge is 0.0119 e. The van der Waals surface area contributed by atoms with Gasteiger partial charge in [0.15, 0.2) is 0 Å². The molecule has 1 rings (SSSR count). The van der Waals surface area contributed by atoms with Gasteiger partial charge in [-0.05, 0) is 74.5 Å². The molecule has 208 valence electrons. The van der Waals surface area contributed by atoms with Crippen LogP contribution >= 0.6 is 0 Å². The van der Waals surface area contributed by atoms with E-state index in [1.54, 1.807) is 0 Å². The van der Waals surface area contributed by atoms with Crippen molar-refractivity contribution in [1.29, 1.82) is 0 Å². The van der Waals surface area contributed by atoms with E-state index in [9.17, 15) is 0 Å². The maximum absolute atomic E-state index is 3.84. The van der Waals surface area contributed by atoms with Gasteiger partial charge in [0.2, 0.25) is 0 Å². The Morgan fingerprint density at radius 1 is 0.800 bits per heavy atom. The number of nitrogens with one attached hydrogen (secondary N) is 1. The van der Waals surface area contributed by atoms with Crippen LogP contribution in [-0.4, -0.2) is 36.6 Å². The van der Waals surface area contributed by atoms with Gasteiger partial charge >= 0.3 is 0 Å². The van der Waals surface area contributed by atoms with Crippen molar-refractivity contribution in [2.75, 3.05) is 19.6 Å². The van der Waals surface area contributed by atoms with Gasteiger partial charge in [-0.25, -0.2) is 0 Å². The van der Waals surface area contributed by atoms with Crippen LogP contribution < -0.4 is 5.32 Å². The number of hydrogen-bond donors (Lipinski definition) is 1. The quantitative estimate of drug-likeness (QED) is 0.263. The first-order valence-corrected chi connectivity index (χ1v) is 15.0. The van der Waals surface area contributed by atoms with Gasteiger partial charge < -0.3 is 5.32 Å². The zero-order chi connectivity index (χ0) is 27.4. The molecule has 0 saturated carbocycles. The Bertz CT molecular complexity index is 571. The van der Waals surface area contributed by atoms with E-state index in [1.165, 1.54) is 62.7 Å². The summed E-state index contributed by atoms with van der Waals surface area (Å²) >= 11 is 0. The Morgan fingerprint density at radius 3 is 1.77 bits per heavy atom. The molecular formula is C33H66N2. The summed E-state index contributed by atoms with van der Waals surface area (Å²) in [5.74, 6) is 1.45. The molecular weight excluding hydrogens is 424 g/mol. The average molecular weight is 491 g/mol. The van der Waals surface area contributed by atoms with E-state index < -0.39 is 0 Å². The van der Waals surface area contributed by atoms with Crippen LogP contribution in [0.5, 0.6) is 0 Å². The molecule has 0 aromatic heterocycles. The average Bonchev–Trinajstić information content (AvgIpc) is 2.82. The Labute approximate surface area is 223 Å². The fourth-order valence-electron chi connectivity index (χ4n) is 4.10. The topological polar surface area (TPSA) is 15.3 Å². The van der Waals surface area contributed by atoms with Crippen LogP contribution in [0.3, 0.4) is 0 Å². The SMILES string of the molecule is CC.CCCC(NCCN(CCC(C)C)C(C)C)C(C)(C)CC.CCCc1ccc(C(C)C)cc1. The molecule has 0 aliphatic carbocycles. The standard InChI is InChI=1S/C19H42N2.C12H18.C2H6/c1-9-11-18(19(7,8)10-2)20-13-15-21(17(5)6)14-12-16(3)4;1-4-5-11-6-8-12(9-7-11)10(2)3;1-2/h16-18,20H,9-15H2,1-8H3;6-10H,4-5H2,1-3H3;1-2H3. The molecule has 35 heavy (non-hydrogen) atoms. The molecule has 0 bridgehead atoms. The monoisotopic (exact) mass is 491 g/mol. The van der Waals surface area contributed by atoms with Gasteiger partial charge in [-0.2, -0.15) is 0 Å². The molecule has 2 nitrogen and oxygen atoms in total. The third kappa shape index (κ3) is 17.3. The first kappa shape index (κ1) is 36.3. The maximum atomic E-state index is 3.84. The molecule has 0 spiro atoms. The fourth-order valence-corrected chi connectivity index (χ4v) is 4.10. The van der Waals surface area contributed by atoms with Gasteiger partial charge in [0, 0.05) is 25.2 Å². The molecule has 1 atom stereocenters. The van der Waals surface area contributed by atoms with Crippen LogP contribution in [0.2, 0.25) is 0 Å². The summed E-state index contributed by atoms with van der Waals surface area (Å²) in [6.07, 6.45) is 7.54. The molecule has 0 amide bonds. The molecule has 0 heterocycles. The molecule has 1 aromatic rings. The normalized spacial score (nSPS) is 12.5. The lowest BCUT2D eigenvalue weighted by Crippen LogP contribution is -2.46. The third-order valence-corrected chi connectivity index (χ3v) is 7.13. The Morgan fingerprint density at radius 2 is 1.37 bits per heavy atom. The van der Waals surface area contributed by atoms with Crippen molar-refractivity contribution in [2.24, 2.45) is 11.3 Å². The maximum Gasteiger partial charge on any atom is 0.0119 e. The third-order valence-electron chi connectivity index (χ3n) is 7.13. The number of hydrogen-bond acceptors (Lipinski definition) is 2. The number of benzene rings is 1. The van der Waals surface area contributed by atoms with Gasteiger partial charge in [0.25, 0.3) is 0 Å². The second-order valence-corrected chi connectivity index (χ2v) is 11.6. The van der Waals surface area contributed by atoms with Gasteiger partial charge in [-0.15, -0.1) is 0 Å². The number of aryl methyl sites for hydroxylation is 1. The molecule has 1 unspecified atom stereocenters. The largest absolute Gasteiger partial charge is 0.312 e. The highest BCUT2D eigenvalue weighted by atomic mass is 15.2. The Kier molecular flexibility index (Phi) is 22.0. The van der Waals surface area contributed by atoms with E-state index in [0.717, 1.165) is 12.5 Å². The predicted molar refractivity (Wildman–Crippen MR) is 163 cm³/mol. The predicted octanol–water partition coefficient (Wildman–Crippen LogP) is 9.73. The van der Waals surface area contributed by atoms with Crippen molar-refractivity contribution in [3.8, 4) is 0 Å². The Hall–Kier alpha value is -0.860. The first-order valence-electron chi connectivity index (χ1n) is 15.0. The van der Waals surface area contributed by atoms with Crippen LogP contribution in [0, 0.1) is 11.3 Å². The molecule has 0 fully saturated rings. The van der Waals surface area contributed by atoms with E-state index in [2.05, 4.69) is 111 Å². The molecule has 0 saturated heterocycles. The lowest BCUT2D eigenvalue weighted by molar-refractivity contribution is 0.182. The van der Waals surface area contributed by atoms with Gasteiger partial charge in [-0.3, -0.25) is 4.90 Å². The highest BCUT2D eigenvalue weighted by Gasteiger charge is 2.26. The van der Waals surface area contributed by atoms with E-state index in [1.807, 2.05) is 13.8 Å². The summed E-state index contributed by atoms with van der Waals surface area (Å²) in [7, 11) is 0. The van der Waals surface area contributed by atoms with Crippen molar-refractivity contribution in [3.63, 3.8) is 0 Å². The van der Waals surface area contributed by atoms with Crippen LogP contribution in [-0.2, 0) is 6.42 Å². The van der Waals surface area contributed by atoms with E-state index >= 15 is 0 Å². The molecule has 2 heteroatoms. The fraction of sp³-hybridized carbons (Fsp3) is 0.818. The number of rotatable bonds is 15.